The third-order valence-electron chi connectivity index (χ3n) is 7.73. The Bertz CT molecular complexity index is 1070. The van der Waals surface area contributed by atoms with E-state index in [0.29, 0.717) is 31.8 Å². The van der Waals surface area contributed by atoms with Gasteiger partial charge in [-0.15, -0.1) is 0 Å². The molecule has 1 fully saturated rings. The van der Waals surface area contributed by atoms with E-state index >= 15 is 0 Å². The van der Waals surface area contributed by atoms with Gasteiger partial charge in [0.15, 0.2) is 11.5 Å². The maximum Gasteiger partial charge on any atom is 0.254 e. The summed E-state index contributed by atoms with van der Waals surface area (Å²) in [4.78, 5) is 30.9. The van der Waals surface area contributed by atoms with Crippen LogP contribution in [-0.4, -0.2) is 47.9 Å². The van der Waals surface area contributed by atoms with Gasteiger partial charge in [-0.3, -0.25) is 9.59 Å². The number of hydrogen-bond donors (Lipinski definition) is 0. The molecular weight excluding hydrogens is 416 g/mol. The SMILES string of the molecule is COc1cc2c(cc1OC)CN(C(=O)CC1(N3Cc4ccccc4C3=O)CCCCC1)CC2. The third kappa shape index (κ3) is 3.85. The van der Waals surface area contributed by atoms with E-state index in [1.54, 1.807) is 14.2 Å². The maximum absolute atomic E-state index is 13.6. The second-order valence-electron chi connectivity index (χ2n) is 9.55. The van der Waals surface area contributed by atoms with Crippen molar-refractivity contribution in [3.63, 3.8) is 0 Å². The summed E-state index contributed by atoms with van der Waals surface area (Å²) in [6.45, 7) is 1.87. The Balaban J connectivity index is 1.37. The Morgan fingerprint density at radius 1 is 0.939 bits per heavy atom. The second-order valence-corrected chi connectivity index (χ2v) is 9.55. The Morgan fingerprint density at radius 2 is 1.64 bits per heavy atom. The molecule has 0 aromatic heterocycles. The van der Waals surface area contributed by atoms with Crippen LogP contribution in [0.5, 0.6) is 11.5 Å². The first-order chi connectivity index (χ1) is 16.0. The van der Waals surface area contributed by atoms with E-state index in [1.807, 2.05) is 46.2 Å². The first-order valence-electron chi connectivity index (χ1n) is 12.0. The van der Waals surface area contributed by atoms with Crippen molar-refractivity contribution in [1.82, 2.24) is 9.80 Å². The van der Waals surface area contributed by atoms with Crippen LogP contribution < -0.4 is 9.47 Å². The van der Waals surface area contributed by atoms with Crippen molar-refractivity contribution in [2.75, 3.05) is 20.8 Å². The number of hydrogen-bond acceptors (Lipinski definition) is 4. The number of ether oxygens (including phenoxy) is 2. The van der Waals surface area contributed by atoms with Gasteiger partial charge < -0.3 is 19.3 Å². The van der Waals surface area contributed by atoms with Gasteiger partial charge in [0.25, 0.3) is 5.91 Å². The molecule has 1 aliphatic carbocycles. The summed E-state index contributed by atoms with van der Waals surface area (Å²) < 4.78 is 10.9. The molecule has 0 saturated heterocycles. The monoisotopic (exact) mass is 448 g/mol. The van der Waals surface area contributed by atoms with Crippen molar-refractivity contribution < 1.29 is 19.1 Å². The molecule has 2 heterocycles. The topological polar surface area (TPSA) is 59.1 Å². The van der Waals surface area contributed by atoms with Gasteiger partial charge in [0.1, 0.15) is 0 Å². The quantitative estimate of drug-likeness (QED) is 0.683. The molecular formula is C27H32N2O4. The molecule has 2 amide bonds. The molecule has 0 atom stereocenters. The highest BCUT2D eigenvalue weighted by Crippen LogP contribution is 2.42. The van der Waals surface area contributed by atoms with E-state index in [0.717, 1.165) is 54.5 Å². The van der Waals surface area contributed by atoms with Crippen LogP contribution in [0.4, 0.5) is 0 Å². The van der Waals surface area contributed by atoms with Crippen molar-refractivity contribution in [2.24, 2.45) is 0 Å². The fourth-order valence-corrected chi connectivity index (χ4v) is 5.88. The average molecular weight is 449 g/mol. The normalized spacial score (nSPS) is 19.2. The van der Waals surface area contributed by atoms with E-state index in [2.05, 4.69) is 0 Å². The lowest BCUT2D eigenvalue weighted by Crippen LogP contribution is -2.53. The van der Waals surface area contributed by atoms with Crippen molar-refractivity contribution in [3.8, 4) is 11.5 Å². The van der Waals surface area contributed by atoms with Crippen LogP contribution >= 0.6 is 0 Å². The van der Waals surface area contributed by atoms with Crippen molar-refractivity contribution >= 4 is 11.8 Å². The molecule has 1 saturated carbocycles. The lowest BCUT2D eigenvalue weighted by Gasteiger charge is -2.45. The minimum Gasteiger partial charge on any atom is -0.493 e. The smallest absolute Gasteiger partial charge is 0.254 e. The summed E-state index contributed by atoms with van der Waals surface area (Å²) >= 11 is 0. The summed E-state index contributed by atoms with van der Waals surface area (Å²) in [6.07, 6.45) is 6.28. The third-order valence-corrected chi connectivity index (χ3v) is 7.73. The van der Waals surface area contributed by atoms with Crippen LogP contribution in [0.1, 0.15) is 65.6 Å². The van der Waals surface area contributed by atoms with Crippen molar-refractivity contribution in [3.05, 3.63) is 58.7 Å². The highest BCUT2D eigenvalue weighted by Gasteiger charge is 2.46. The number of rotatable bonds is 5. The lowest BCUT2D eigenvalue weighted by atomic mass is 9.77. The highest BCUT2D eigenvalue weighted by atomic mass is 16.5. The number of carbonyl (C=O) groups is 2. The molecule has 0 bridgehead atoms. The van der Waals surface area contributed by atoms with Gasteiger partial charge >= 0.3 is 0 Å². The van der Waals surface area contributed by atoms with Gasteiger partial charge in [0, 0.05) is 25.2 Å². The van der Waals surface area contributed by atoms with Crippen LogP contribution in [0.2, 0.25) is 0 Å². The molecule has 3 aliphatic rings. The molecule has 0 radical (unpaired) electrons. The number of nitrogens with zero attached hydrogens (tertiary/aromatic N) is 2. The number of methoxy groups -OCH3 is 2. The van der Waals surface area contributed by atoms with Crippen molar-refractivity contribution in [1.29, 1.82) is 0 Å². The van der Waals surface area contributed by atoms with Crippen LogP contribution in [-0.2, 0) is 24.3 Å². The summed E-state index contributed by atoms with van der Waals surface area (Å²) in [6, 6.07) is 11.9. The number of fused-ring (bicyclic) bond motifs is 2. The lowest BCUT2D eigenvalue weighted by molar-refractivity contribution is -0.135. The average Bonchev–Trinajstić information content (AvgIpc) is 3.20. The Labute approximate surface area is 195 Å². The summed E-state index contributed by atoms with van der Waals surface area (Å²) in [7, 11) is 3.28. The van der Waals surface area contributed by atoms with E-state index in [9.17, 15) is 9.59 Å². The maximum atomic E-state index is 13.6. The largest absolute Gasteiger partial charge is 0.493 e. The number of benzene rings is 2. The predicted octanol–water partition coefficient (Wildman–Crippen LogP) is 4.34. The Kier molecular flexibility index (Phi) is 5.77. The van der Waals surface area contributed by atoms with E-state index in [-0.39, 0.29) is 17.4 Å². The Hall–Kier alpha value is -3.02. The summed E-state index contributed by atoms with van der Waals surface area (Å²) in [5.74, 6) is 1.64. The fraction of sp³-hybridized carbons (Fsp3) is 0.481. The highest BCUT2D eigenvalue weighted by molar-refractivity contribution is 5.99. The summed E-state index contributed by atoms with van der Waals surface area (Å²) in [5.41, 5.74) is 3.79. The fourth-order valence-electron chi connectivity index (χ4n) is 5.88. The van der Waals surface area contributed by atoms with Crippen LogP contribution in [0.25, 0.3) is 0 Å². The first-order valence-corrected chi connectivity index (χ1v) is 12.0. The molecule has 5 rings (SSSR count). The van der Waals surface area contributed by atoms with Gasteiger partial charge in [-0.1, -0.05) is 37.5 Å². The number of amides is 2. The Morgan fingerprint density at radius 3 is 2.33 bits per heavy atom. The molecule has 2 aromatic rings. The molecule has 0 spiro atoms. The van der Waals surface area contributed by atoms with Gasteiger partial charge in [-0.05, 0) is 54.2 Å². The standard InChI is InChI=1S/C27H32N2O4/c1-32-23-14-19-10-13-28(17-21(19)15-24(23)33-2)25(30)16-27(11-6-3-7-12-27)29-18-20-8-4-5-9-22(20)26(29)31/h4-5,8-9,14-15H,3,6-7,10-13,16-18H2,1-2H3. The molecule has 0 unspecified atom stereocenters. The zero-order valence-electron chi connectivity index (χ0n) is 19.6. The number of carbonyl (C=O) groups excluding carboxylic acids is 2. The zero-order valence-corrected chi connectivity index (χ0v) is 19.6. The molecule has 0 N–H and O–H groups in total. The molecule has 174 valence electrons. The van der Waals surface area contributed by atoms with Crippen LogP contribution in [0, 0.1) is 0 Å². The molecule has 6 nitrogen and oxygen atoms in total. The predicted molar refractivity (Wildman–Crippen MR) is 125 cm³/mol. The van der Waals surface area contributed by atoms with E-state index in [1.165, 1.54) is 12.0 Å². The second kappa shape index (κ2) is 8.73. The van der Waals surface area contributed by atoms with Gasteiger partial charge in [0.2, 0.25) is 5.91 Å². The molecule has 2 aliphatic heterocycles. The zero-order chi connectivity index (χ0) is 23.0. The van der Waals surface area contributed by atoms with Crippen LogP contribution in [0.15, 0.2) is 36.4 Å². The molecule has 2 aromatic carbocycles. The van der Waals surface area contributed by atoms with Gasteiger partial charge in [-0.25, -0.2) is 0 Å². The molecule has 6 heteroatoms. The minimum absolute atomic E-state index is 0.0844. The minimum atomic E-state index is -0.386. The van der Waals surface area contributed by atoms with E-state index in [4.69, 9.17) is 9.47 Å². The van der Waals surface area contributed by atoms with Crippen molar-refractivity contribution in [2.45, 2.75) is 63.6 Å². The summed E-state index contributed by atoms with van der Waals surface area (Å²) in [5, 5.41) is 0. The first kappa shape index (κ1) is 21.8. The van der Waals surface area contributed by atoms with Crippen LogP contribution in [0.3, 0.4) is 0 Å². The molecule has 33 heavy (non-hydrogen) atoms. The van der Waals surface area contributed by atoms with E-state index < -0.39 is 0 Å². The van der Waals surface area contributed by atoms with Gasteiger partial charge in [0.05, 0.1) is 26.2 Å². The van der Waals surface area contributed by atoms with Gasteiger partial charge in [-0.2, -0.15) is 0 Å².